The molecule has 0 aromatic carbocycles. The Morgan fingerprint density at radius 2 is 2.33 bits per heavy atom. The highest BCUT2D eigenvalue weighted by Gasteiger charge is 2.27. The van der Waals surface area contributed by atoms with Crippen molar-refractivity contribution in [1.29, 1.82) is 0 Å². The van der Waals surface area contributed by atoms with E-state index in [0.29, 0.717) is 5.92 Å². The summed E-state index contributed by atoms with van der Waals surface area (Å²) in [5.41, 5.74) is 0. The molecule has 21 heavy (non-hydrogen) atoms. The second kappa shape index (κ2) is 7.56. The van der Waals surface area contributed by atoms with E-state index in [1.54, 1.807) is 7.11 Å². The van der Waals surface area contributed by atoms with Crippen molar-refractivity contribution >= 4 is 5.91 Å². The number of likely N-dealkylation sites (N-methyl/N-ethyl adjacent to an activating group) is 1. The number of nitrogens with zero attached hydrogens (tertiary/aromatic N) is 4. The molecule has 1 aliphatic rings. The van der Waals surface area contributed by atoms with Crippen LogP contribution in [0.3, 0.4) is 0 Å². The molecule has 1 aliphatic heterocycles. The van der Waals surface area contributed by atoms with E-state index < -0.39 is 0 Å². The Kier molecular flexibility index (Phi) is 5.76. The van der Waals surface area contributed by atoms with Crippen LogP contribution < -0.4 is 0 Å². The van der Waals surface area contributed by atoms with Crippen LogP contribution in [0.15, 0.2) is 12.4 Å². The molecule has 0 N–H and O–H groups in total. The molecule has 0 aliphatic carbocycles. The van der Waals surface area contributed by atoms with E-state index in [1.807, 2.05) is 17.3 Å². The molecule has 2 heterocycles. The third kappa shape index (κ3) is 4.28. The van der Waals surface area contributed by atoms with Gasteiger partial charge in [-0.15, -0.1) is 0 Å². The Hall–Kier alpha value is -1.40. The monoisotopic (exact) mass is 294 g/mol. The lowest BCUT2D eigenvalue weighted by atomic mass is 9.97. The van der Waals surface area contributed by atoms with Crippen LogP contribution in [0.4, 0.5) is 0 Å². The Bertz CT molecular complexity index is 458. The summed E-state index contributed by atoms with van der Waals surface area (Å²) in [5.74, 6) is 1.51. The molecule has 1 aromatic rings. The maximum absolute atomic E-state index is 12.0. The van der Waals surface area contributed by atoms with Gasteiger partial charge in [0.25, 0.3) is 0 Å². The number of amides is 1. The number of hydrogen-bond donors (Lipinski definition) is 0. The Balaban J connectivity index is 2.01. The van der Waals surface area contributed by atoms with Crippen molar-refractivity contribution in [1.82, 2.24) is 19.4 Å². The Morgan fingerprint density at radius 3 is 3.05 bits per heavy atom. The molecule has 0 spiro atoms. The van der Waals surface area contributed by atoms with E-state index in [-0.39, 0.29) is 12.5 Å². The SMILES string of the molecule is COCC(=O)N1CCC[C@@H](c2nccn2CCN(C)C)C1. The quantitative estimate of drug-likeness (QED) is 0.778. The van der Waals surface area contributed by atoms with E-state index in [1.165, 1.54) is 0 Å². The third-order valence-corrected chi connectivity index (χ3v) is 3.94. The van der Waals surface area contributed by atoms with Gasteiger partial charge in [0, 0.05) is 51.6 Å². The summed E-state index contributed by atoms with van der Waals surface area (Å²) in [7, 11) is 5.71. The van der Waals surface area contributed by atoms with Gasteiger partial charge in [-0.3, -0.25) is 4.79 Å². The highest BCUT2D eigenvalue weighted by molar-refractivity contribution is 5.77. The number of aromatic nitrogens is 2. The van der Waals surface area contributed by atoms with Gasteiger partial charge < -0.3 is 19.1 Å². The van der Waals surface area contributed by atoms with Gasteiger partial charge in [0.2, 0.25) is 5.91 Å². The van der Waals surface area contributed by atoms with Gasteiger partial charge in [-0.2, -0.15) is 0 Å². The van der Waals surface area contributed by atoms with Gasteiger partial charge in [-0.1, -0.05) is 0 Å². The molecule has 1 fully saturated rings. The fourth-order valence-electron chi connectivity index (χ4n) is 2.81. The zero-order chi connectivity index (χ0) is 15.2. The smallest absolute Gasteiger partial charge is 0.248 e. The van der Waals surface area contributed by atoms with Crippen molar-refractivity contribution in [2.24, 2.45) is 0 Å². The first-order valence-corrected chi connectivity index (χ1v) is 7.54. The highest BCUT2D eigenvalue weighted by Crippen LogP contribution is 2.25. The van der Waals surface area contributed by atoms with E-state index in [0.717, 1.165) is 44.8 Å². The van der Waals surface area contributed by atoms with Crippen LogP contribution in [0.1, 0.15) is 24.6 Å². The fraction of sp³-hybridized carbons (Fsp3) is 0.733. The highest BCUT2D eigenvalue weighted by atomic mass is 16.5. The topological polar surface area (TPSA) is 50.6 Å². The van der Waals surface area contributed by atoms with Crippen LogP contribution in [-0.2, 0) is 16.1 Å². The number of ether oxygens (including phenoxy) is 1. The minimum absolute atomic E-state index is 0.0774. The number of carbonyl (C=O) groups excluding carboxylic acids is 1. The van der Waals surface area contributed by atoms with Crippen LogP contribution in [0.25, 0.3) is 0 Å². The molecule has 6 heteroatoms. The Morgan fingerprint density at radius 1 is 1.52 bits per heavy atom. The average Bonchev–Trinajstić information content (AvgIpc) is 2.94. The van der Waals surface area contributed by atoms with Crippen molar-refractivity contribution in [3.63, 3.8) is 0 Å². The van der Waals surface area contributed by atoms with Gasteiger partial charge in [0.15, 0.2) is 0 Å². The normalized spacial score (nSPS) is 19.2. The molecule has 1 atom stereocenters. The molecule has 118 valence electrons. The molecule has 0 radical (unpaired) electrons. The number of piperidine rings is 1. The molecule has 1 saturated heterocycles. The number of carbonyl (C=O) groups is 1. The molecule has 0 saturated carbocycles. The summed E-state index contributed by atoms with van der Waals surface area (Å²) in [6.07, 6.45) is 6.02. The zero-order valence-corrected chi connectivity index (χ0v) is 13.3. The van der Waals surface area contributed by atoms with Crippen molar-refractivity contribution in [3.05, 3.63) is 18.2 Å². The number of hydrogen-bond acceptors (Lipinski definition) is 4. The van der Waals surface area contributed by atoms with Crippen LogP contribution in [0, 0.1) is 0 Å². The van der Waals surface area contributed by atoms with Crippen LogP contribution in [0.2, 0.25) is 0 Å². The first-order valence-electron chi connectivity index (χ1n) is 7.54. The van der Waals surface area contributed by atoms with Crippen molar-refractivity contribution in [2.75, 3.05) is 47.4 Å². The first-order chi connectivity index (χ1) is 10.1. The molecule has 1 amide bonds. The van der Waals surface area contributed by atoms with E-state index in [2.05, 4.69) is 28.5 Å². The second-order valence-electron chi connectivity index (χ2n) is 5.89. The third-order valence-electron chi connectivity index (χ3n) is 3.94. The maximum atomic E-state index is 12.0. The second-order valence-corrected chi connectivity index (χ2v) is 5.89. The summed E-state index contributed by atoms with van der Waals surface area (Å²) >= 11 is 0. The van der Waals surface area contributed by atoms with Gasteiger partial charge in [-0.25, -0.2) is 4.98 Å². The summed E-state index contributed by atoms with van der Waals surface area (Å²) in [5, 5.41) is 0. The molecule has 0 unspecified atom stereocenters. The lowest BCUT2D eigenvalue weighted by molar-refractivity contribution is -0.136. The van der Waals surface area contributed by atoms with E-state index >= 15 is 0 Å². The first kappa shape index (κ1) is 16.0. The average molecular weight is 294 g/mol. The summed E-state index contributed by atoms with van der Waals surface area (Å²) in [4.78, 5) is 20.6. The fourth-order valence-corrected chi connectivity index (χ4v) is 2.81. The molecule has 6 nitrogen and oxygen atoms in total. The van der Waals surface area contributed by atoms with Crippen LogP contribution in [0.5, 0.6) is 0 Å². The molecular formula is C15H26N4O2. The van der Waals surface area contributed by atoms with Crippen molar-refractivity contribution in [2.45, 2.75) is 25.3 Å². The number of imidazole rings is 1. The predicted molar refractivity (Wildman–Crippen MR) is 81.2 cm³/mol. The summed E-state index contributed by atoms with van der Waals surface area (Å²) in [6, 6.07) is 0. The van der Waals surface area contributed by atoms with E-state index in [4.69, 9.17) is 4.74 Å². The minimum Gasteiger partial charge on any atom is -0.375 e. The Labute approximate surface area is 126 Å². The molecular weight excluding hydrogens is 268 g/mol. The summed E-state index contributed by atoms with van der Waals surface area (Å²) in [6.45, 7) is 3.67. The summed E-state index contributed by atoms with van der Waals surface area (Å²) < 4.78 is 7.17. The van der Waals surface area contributed by atoms with Gasteiger partial charge in [-0.05, 0) is 26.9 Å². The molecule has 0 bridgehead atoms. The number of rotatable bonds is 6. The number of likely N-dealkylation sites (tertiary alicyclic amines) is 1. The van der Waals surface area contributed by atoms with Gasteiger partial charge in [0.1, 0.15) is 12.4 Å². The molecule has 2 rings (SSSR count). The van der Waals surface area contributed by atoms with Gasteiger partial charge >= 0.3 is 0 Å². The van der Waals surface area contributed by atoms with Crippen LogP contribution in [-0.4, -0.2) is 72.7 Å². The zero-order valence-electron chi connectivity index (χ0n) is 13.3. The lowest BCUT2D eigenvalue weighted by Gasteiger charge is -2.32. The predicted octanol–water partition coefficient (Wildman–Crippen LogP) is 0.797. The standard InChI is InChI=1S/C15H26N4O2/c1-17(2)9-10-18-8-6-16-15(18)13-5-4-7-19(11-13)14(20)12-21-3/h6,8,13H,4-5,7,9-12H2,1-3H3/t13-/m1/s1. The van der Waals surface area contributed by atoms with Crippen molar-refractivity contribution < 1.29 is 9.53 Å². The lowest BCUT2D eigenvalue weighted by Crippen LogP contribution is -2.41. The van der Waals surface area contributed by atoms with Crippen LogP contribution >= 0.6 is 0 Å². The van der Waals surface area contributed by atoms with E-state index in [9.17, 15) is 4.79 Å². The van der Waals surface area contributed by atoms with Crippen molar-refractivity contribution in [3.8, 4) is 0 Å². The largest absolute Gasteiger partial charge is 0.375 e. The van der Waals surface area contributed by atoms with Gasteiger partial charge in [0.05, 0.1) is 0 Å². The maximum Gasteiger partial charge on any atom is 0.248 e. The molecule has 1 aromatic heterocycles. The number of methoxy groups -OCH3 is 1. The minimum atomic E-state index is 0.0774.